The highest BCUT2D eigenvalue weighted by atomic mass is 16.6. The molecule has 6 nitrogen and oxygen atoms in total. The molecule has 0 spiro atoms. The molecule has 2 aliphatic rings. The summed E-state index contributed by atoms with van der Waals surface area (Å²) in [5.41, 5.74) is 12.4. The average molecular weight is 304 g/mol. The number of carbonyl (C=O) groups is 2. The summed E-state index contributed by atoms with van der Waals surface area (Å²) in [4.78, 5) is 22.6. The van der Waals surface area contributed by atoms with Crippen LogP contribution in [0.2, 0.25) is 0 Å². The third kappa shape index (κ3) is 2.61. The van der Waals surface area contributed by atoms with Crippen LogP contribution in [0.25, 0.3) is 0 Å². The average Bonchev–Trinajstić information content (AvgIpc) is 2.50. The number of ether oxygens (including phenoxy) is 2. The maximum atomic E-state index is 11.3. The van der Waals surface area contributed by atoms with E-state index in [-0.39, 0.29) is 5.92 Å². The molecule has 4 N–H and O–H groups in total. The molecule has 0 aliphatic heterocycles. The molecule has 4 atom stereocenters. The Labute approximate surface area is 128 Å². The molecule has 0 bridgehead atoms. The van der Waals surface area contributed by atoms with Crippen LogP contribution < -0.4 is 11.5 Å². The molecule has 1 saturated carbocycles. The summed E-state index contributed by atoms with van der Waals surface area (Å²) in [5.74, 6) is 0.391. The van der Waals surface area contributed by atoms with E-state index in [2.05, 4.69) is 6.07 Å². The van der Waals surface area contributed by atoms with E-state index in [1.165, 1.54) is 0 Å². The zero-order valence-corrected chi connectivity index (χ0v) is 12.2. The highest BCUT2D eigenvalue weighted by molar-refractivity contribution is 5.66. The van der Waals surface area contributed by atoms with E-state index >= 15 is 0 Å². The molecule has 1 fully saturated rings. The summed E-state index contributed by atoms with van der Waals surface area (Å²) in [6.45, 7) is 0. The van der Waals surface area contributed by atoms with Gasteiger partial charge in [-0.3, -0.25) is 0 Å². The lowest BCUT2D eigenvalue weighted by atomic mass is 9.65. The minimum atomic E-state index is -0.882. The van der Waals surface area contributed by atoms with Gasteiger partial charge in [-0.05, 0) is 29.9 Å². The first-order valence-corrected chi connectivity index (χ1v) is 7.59. The molecule has 0 aromatic heterocycles. The number of fused-ring (bicyclic) bond motifs is 3. The highest BCUT2D eigenvalue weighted by Crippen LogP contribution is 2.50. The molecule has 2 aliphatic carbocycles. The summed E-state index contributed by atoms with van der Waals surface area (Å²) >= 11 is 0. The molecule has 0 radical (unpaired) electrons. The van der Waals surface area contributed by atoms with Crippen LogP contribution in [-0.4, -0.2) is 18.3 Å². The van der Waals surface area contributed by atoms with Gasteiger partial charge in [0.2, 0.25) is 0 Å². The Morgan fingerprint density at radius 3 is 2.27 bits per heavy atom. The van der Waals surface area contributed by atoms with Gasteiger partial charge in [0.25, 0.3) is 0 Å². The monoisotopic (exact) mass is 304 g/mol. The number of carbonyl (C=O) groups excluding carboxylic acids is 2. The Morgan fingerprint density at radius 2 is 1.59 bits per heavy atom. The molecule has 0 heterocycles. The van der Waals surface area contributed by atoms with Gasteiger partial charge in [0.1, 0.15) is 6.10 Å². The molecule has 1 aromatic rings. The van der Waals surface area contributed by atoms with Crippen molar-refractivity contribution in [2.45, 2.75) is 43.8 Å². The van der Waals surface area contributed by atoms with Crippen LogP contribution in [0.5, 0.6) is 0 Å². The third-order valence-electron chi connectivity index (χ3n) is 4.74. The molecular weight excluding hydrogens is 284 g/mol. The fraction of sp³-hybridized carbons (Fsp3) is 0.500. The smallest absolute Gasteiger partial charge is 0.405 e. The van der Waals surface area contributed by atoms with Crippen LogP contribution in [0.15, 0.2) is 24.3 Å². The van der Waals surface area contributed by atoms with E-state index in [9.17, 15) is 9.59 Å². The molecular formula is C16H20N2O4. The topological polar surface area (TPSA) is 105 Å². The van der Waals surface area contributed by atoms with Crippen molar-refractivity contribution < 1.29 is 19.1 Å². The van der Waals surface area contributed by atoms with Gasteiger partial charge in [-0.2, -0.15) is 0 Å². The normalized spacial score (nSPS) is 29.8. The first kappa shape index (κ1) is 14.7. The van der Waals surface area contributed by atoms with E-state index in [0.29, 0.717) is 5.92 Å². The molecule has 0 unspecified atom stereocenters. The first-order valence-electron chi connectivity index (χ1n) is 7.59. The van der Waals surface area contributed by atoms with Crippen molar-refractivity contribution in [3.05, 3.63) is 35.4 Å². The summed E-state index contributed by atoms with van der Waals surface area (Å²) in [6, 6.07) is 7.79. The van der Waals surface area contributed by atoms with Crippen LogP contribution in [0.1, 0.15) is 48.8 Å². The van der Waals surface area contributed by atoms with Gasteiger partial charge in [0.05, 0.1) is 0 Å². The molecule has 3 rings (SSSR count). The maximum absolute atomic E-state index is 11.3. The second-order valence-corrected chi connectivity index (χ2v) is 5.94. The first-order chi connectivity index (χ1) is 10.6. The number of hydrogen-bond acceptors (Lipinski definition) is 4. The van der Waals surface area contributed by atoms with Crippen molar-refractivity contribution >= 4 is 12.2 Å². The quantitative estimate of drug-likeness (QED) is 0.876. The van der Waals surface area contributed by atoms with Crippen LogP contribution in [-0.2, 0) is 9.47 Å². The van der Waals surface area contributed by atoms with Gasteiger partial charge in [-0.25, -0.2) is 9.59 Å². The van der Waals surface area contributed by atoms with Gasteiger partial charge in [0.15, 0.2) is 6.10 Å². The van der Waals surface area contributed by atoms with Gasteiger partial charge >= 0.3 is 12.2 Å². The second kappa shape index (κ2) is 5.87. The summed E-state index contributed by atoms with van der Waals surface area (Å²) in [6.07, 6.45) is 1.13. The van der Waals surface area contributed by atoms with Gasteiger partial charge in [0, 0.05) is 5.92 Å². The Morgan fingerprint density at radius 1 is 0.955 bits per heavy atom. The van der Waals surface area contributed by atoms with E-state index in [1.807, 2.05) is 18.2 Å². The van der Waals surface area contributed by atoms with Crippen molar-refractivity contribution in [2.24, 2.45) is 17.4 Å². The van der Waals surface area contributed by atoms with Crippen LogP contribution in [0, 0.1) is 5.92 Å². The molecule has 1 aromatic carbocycles. The minimum Gasteiger partial charge on any atom is -0.442 e. The van der Waals surface area contributed by atoms with Crippen molar-refractivity contribution in [1.82, 2.24) is 0 Å². The van der Waals surface area contributed by atoms with Crippen molar-refractivity contribution in [3.63, 3.8) is 0 Å². The van der Waals surface area contributed by atoms with Crippen LogP contribution >= 0.6 is 0 Å². The fourth-order valence-corrected chi connectivity index (χ4v) is 3.99. The molecule has 118 valence electrons. The predicted octanol–water partition coefficient (Wildman–Crippen LogP) is 2.57. The maximum Gasteiger partial charge on any atom is 0.405 e. The molecule has 2 amide bonds. The molecule has 22 heavy (non-hydrogen) atoms. The van der Waals surface area contributed by atoms with Gasteiger partial charge < -0.3 is 20.9 Å². The second-order valence-electron chi connectivity index (χ2n) is 5.94. The predicted molar refractivity (Wildman–Crippen MR) is 79.0 cm³/mol. The number of benzene rings is 1. The van der Waals surface area contributed by atoms with Crippen molar-refractivity contribution in [1.29, 1.82) is 0 Å². The number of hydrogen-bond donors (Lipinski definition) is 2. The summed E-state index contributed by atoms with van der Waals surface area (Å²) in [7, 11) is 0. The number of rotatable bonds is 2. The van der Waals surface area contributed by atoms with E-state index in [1.54, 1.807) is 0 Å². The van der Waals surface area contributed by atoms with Crippen LogP contribution in [0.4, 0.5) is 9.59 Å². The van der Waals surface area contributed by atoms with E-state index in [0.717, 1.165) is 36.8 Å². The fourth-order valence-electron chi connectivity index (χ4n) is 3.99. The molecule has 0 saturated heterocycles. The third-order valence-corrected chi connectivity index (χ3v) is 4.74. The summed E-state index contributed by atoms with van der Waals surface area (Å²) in [5, 5.41) is 0. The Kier molecular flexibility index (Phi) is 3.92. The minimum absolute atomic E-state index is 0.0977. The van der Waals surface area contributed by atoms with Crippen molar-refractivity contribution in [2.75, 3.05) is 0 Å². The highest BCUT2D eigenvalue weighted by Gasteiger charge is 2.47. The van der Waals surface area contributed by atoms with Crippen molar-refractivity contribution in [3.8, 4) is 0 Å². The Bertz CT molecular complexity index is 589. The lowest BCUT2D eigenvalue weighted by Gasteiger charge is -2.44. The zero-order valence-electron chi connectivity index (χ0n) is 12.2. The van der Waals surface area contributed by atoms with Crippen LogP contribution in [0.3, 0.4) is 0 Å². The molecule has 6 heteroatoms. The lowest BCUT2D eigenvalue weighted by Crippen LogP contribution is -2.44. The van der Waals surface area contributed by atoms with Gasteiger partial charge in [-0.1, -0.05) is 37.1 Å². The standard InChI is InChI=1S/C16H20N2O4/c17-15(19)21-13-11-7-3-1-5-9(11)10-6-2-4-8-12(10)14(13)22-16(18)20/h1,3,5,7,10,12-14H,2,4,6,8H2,(H2,17,19)(H2,18,20)/t10-,12+,13-,14-/m1/s1. The number of nitrogens with two attached hydrogens (primary N) is 2. The zero-order chi connectivity index (χ0) is 15.7. The van der Waals surface area contributed by atoms with Gasteiger partial charge in [-0.15, -0.1) is 0 Å². The summed E-state index contributed by atoms with van der Waals surface area (Å²) < 4.78 is 10.6. The number of primary amides is 2. The largest absolute Gasteiger partial charge is 0.442 e. The van der Waals surface area contributed by atoms with E-state index < -0.39 is 24.4 Å². The number of amides is 2. The SMILES string of the molecule is NC(=O)O[C@@H]1[C@H]2CCCC[C@@H]2c2ccccc2[C@H]1OC(N)=O. The Balaban J connectivity index is 2.05. The Hall–Kier alpha value is -2.24. The lowest BCUT2D eigenvalue weighted by molar-refractivity contribution is -0.0568. The van der Waals surface area contributed by atoms with E-state index in [4.69, 9.17) is 20.9 Å².